The number of hydrogen-bond acceptors (Lipinski definition) is 5. The standard InChI is InChI=1S/C15H23BN4O/c16-13-2-3-14-12(10-13)11-18-15(19-14)17-4-1-5-20-6-8-21-9-7-20/h2-3,10-12,14H,1,4-9,16H2,(H,17,19). The minimum Gasteiger partial charge on any atom is -0.379 e. The van der Waals surface area contributed by atoms with Crippen molar-refractivity contribution in [1.82, 2.24) is 10.2 Å². The molecule has 0 bridgehead atoms. The fraction of sp³-hybridized carbons (Fsp3) is 0.600. The summed E-state index contributed by atoms with van der Waals surface area (Å²) in [5, 5.41) is 3.35. The molecule has 0 aromatic carbocycles. The van der Waals surface area contributed by atoms with E-state index < -0.39 is 0 Å². The van der Waals surface area contributed by atoms with Crippen molar-refractivity contribution in [3.8, 4) is 0 Å². The van der Waals surface area contributed by atoms with Crippen molar-refractivity contribution >= 4 is 20.0 Å². The molecule has 6 heteroatoms. The molecule has 2 heterocycles. The maximum Gasteiger partial charge on any atom is 0.218 e. The van der Waals surface area contributed by atoms with Crippen LogP contribution in [0, 0.1) is 5.92 Å². The lowest BCUT2D eigenvalue weighted by Gasteiger charge is -2.26. The predicted molar refractivity (Wildman–Crippen MR) is 88.9 cm³/mol. The van der Waals surface area contributed by atoms with Crippen LogP contribution < -0.4 is 5.32 Å². The zero-order valence-electron chi connectivity index (χ0n) is 12.7. The van der Waals surface area contributed by atoms with Gasteiger partial charge in [0.15, 0.2) is 0 Å². The number of fused-ring (bicyclic) bond motifs is 1. The summed E-state index contributed by atoms with van der Waals surface area (Å²) in [6.07, 6.45) is 9.65. The first-order chi connectivity index (χ1) is 10.3. The zero-order chi connectivity index (χ0) is 14.5. The predicted octanol–water partition coefficient (Wildman–Crippen LogP) is -0.190. The Morgan fingerprint density at radius 2 is 2.24 bits per heavy atom. The molecule has 0 saturated carbocycles. The summed E-state index contributed by atoms with van der Waals surface area (Å²) in [7, 11) is 2.11. The first kappa shape index (κ1) is 14.5. The summed E-state index contributed by atoms with van der Waals surface area (Å²) in [4.78, 5) is 11.5. The van der Waals surface area contributed by atoms with Gasteiger partial charge in [0.2, 0.25) is 5.96 Å². The number of nitrogens with zero attached hydrogens (tertiary/aromatic N) is 3. The van der Waals surface area contributed by atoms with Crippen molar-refractivity contribution in [3.05, 3.63) is 23.7 Å². The van der Waals surface area contributed by atoms with Crippen molar-refractivity contribution < 1.29 is 4.74 Å². The Hall–Kier alpha value is -1.40. The first-order valence-corrected chi connectivity index (χ1v) is 7.84. The van der Waals surface area contributed by atoms with Gasteiger partial charge in [-0.25, -0.2) is 9.98 Å². The minimum atomic E-state index is 0.216. The lowest BCUT2D eigenvalue weighted by atomic mass is 9.83. The number of morpholine rings is 1. The van der Waals surface area contributed by atoms with Gasteiger partial charge in [-0.05, 0) is 13.0 Å². The Morgan fingerprint density at radius 3 is 3.10 bits per heavy atom. The molecule has 0 aromatic heterocycles. The second-order valence-corrected chi connectivity index (χ2v) is 5.80. The average molecular weight is 286 g/mol. The van der Waals surface area contributed by atoms with Gasteiger partial charge in [-0.3, -0.25) is 4.90 Å². The second kappa shape index (κ2) is 7.05. The van der Waals surface area contributed by atoms with Gasteiger partial charge < -0.3 is 10.1 Å². The van der Waals surface area contributed by atoms with E-state index in [0.29, 0.717) is 5.92 Å². The fourth-order valence-corrected chi connectivity index (χ4v) is 2.85. The molecule has 112 valence electrons. The molecule has 3 rings (SSSR count). The van der Waals surface area contributed by atoms with E-state index in [2.05, 4.69) is 46.3 Å². The van der Waals surface area contributed by atoms with Crippen LogP contribution in [0.25, 0.3) is 0 Å². The molecule has 3 aliphatic rings. The van der Waals surface area contributed by atoms with E-state index in [0.717, 1.165) is 51.8 Å². The molecule has 2 aliphatic heterocycles. The molecule has 0 spiro atoms. The van der Waals surface area contributed by atoms with Crippen LogP contribution in [-0.2, 0) is 4.74 Å². The highest BCUT2D eigenvalue weighted by Gasteiger charge is 2.21. The SMILES string of the molecule is BC1=CC2C=NC(NCCCN3CCOCC3)=NC2C=C1. The van der Waals surface area contributed by atoms with E-state index in [1.807, 2.05) is 6.21 Å². The van der Waals surface area contributed by atoms with Crippen LogP contribution in [0.5, 0.6) is 0 Å². The van der Waals surface area contributed by atoms with Gasteiger partial charge in [0.25, 0.3) is 0 Å². The fourth-order valence-electron chi connectivity index (χ4n) is 2.85. The normalized spacial score (nSPS) is 28.8. The third-order valence-corrected chi connectivity index (χ3v) is 4.08. The molecular weight excluding hydrogens is 263 g/mol. The molecule has 5 nitrogen and oxygen atoms in total. The monoisotopic (exact) mass is 286 g/mol. The molecule has 0 radical (unpaired) electrons. The molecular formula is C15H23BN4O. The number of guanidine groups is 1. The van der Waals surface area contributed by atoms with Crippen LogP contribution >= 0.6 is 0 Å². The zero-order valence-corrected chi connectivity index (χ0v) is 12.7. The Labute approximate surface area is 127 Å². The summed E-state index contributed by atoms with van der Waals surface area (Å²) in [5.41, 5.74) is 1.29. The van der Waals surface area contributed by atoms with Crippen LogP contribution in [0.1, 0.15) is 6.42 Å². The summed E-state index contributed by atoms with van der Waals surface area (Å²) >= 11 is 0. The Kier molecular flexibility index (Phi) is 4.88. The Bertz CT molecular complexity index is 480. The highest BCUT2D eigenvalue weighted by Crippen LogP contribution is 2.19. The molecule has 1 saturated heterocycles. The number of aliphatic imine (C=N–C) groups is 2. The summed E-state index contributed by atoms with van der Waals surface area (Å²) in [6.45, 7) is 5.88. The molecule has 21 heavy (non-hydrogen) atoms. The summed E-state index contributed by atoms with van der Waals surface area (Å²) in [5.74, 6) is 1.10. The van der Waals surface area contributed by atoms with Gasteiger partial charge in [0, 0.05) is 31.8 Å². The smallest absolute Gasteiger partial charge is 0.218 e. The van der Waals surface area contributed by atoms with E-state index in [9.17, 15) is 0 Å². The van der Waals surface area contributed by atoms with Crippen LogP contribution in [0.2, 0.25) is 0 Å². The highest BCUT2D eigenvalue weighted by molar-refractivity contribution is 6.23. The maximum absolute atomic E-state index is 5.35. The molecule has 2 unspecified atom stereocenters. The van der Waals surface area contributed by atoms with Crippen molar-refractivity contribution in [2.24, 2.45) is 15.9 Å². The van der Waals surface area contributed by atoms with Crippen LogP contribution in [0.3, 0.4) is 0 Å². The number of ether oxygens (including phenoxy) is 1. The average Bonchev–Trinajstić information content (AvgIpc) is 2.52. The first-order valence-electron chi connectivity index (χ1n) is 7.84. The quantitative estimate of drug-likeness (QED) is 0.576. The molecule has 2 atom stereocenters. The van der Waals surface area contributed by atoms with Crippen LogP contribution in [-0.4, -0.2) is 70.4 Å². The molecule has 1 N–H and O–H groups in total. The van der Waals surface area contributed by atoms with Gasteiger partial charge in [0.1, 0.15) is 7.85 Å². The molecule has 0 aromatic rings. The van der Waals surface area contributed by atoms with Crippen molar-refractivity contribution in [3.63, 3.8) is 0 Å². The van der Waals surface area contributed by atoms with Crippen molar-refractivity contribution in [2.45, 2.75) is 12.5 Å². The van der Waals surface area contributed by atoms with Gasteiger partial charge in [-0.2, -0.15) is 0 Å². The van der Waals surface area contributed by atoms with Gasteiger partial charge in [0.05, 0.1) is 19.3 Å². The molecule has 1 aliphatic carbocycles. The highest BCUT2D eigenvalue weighted by atomic mass is 16.5. The van der Waals surface area contributed by atoms with E-state index in [-0.39, 0.29) is 6.04 Å². The lowest BCUT2D eigenvalue weighted by molar-refractivity contribution is 0.0376. The number of hydrogen-bond donors (Lipinski definition) is 1. The van der Waals surface area contributed by atoms with E-state index in [1.165, 1.54) is 5.47 Å². The second-order valence-electron chi connectivity index (χ2n) is 5.80. The number of rotatable bonds is 4. The van der Waals surface area contributed by atoms with E-state index >= 15 is 0 Å². The minimum absolute atomic E-state index is 0.216. The van der Waals surface area contributed by atoms with Crippen molar-refractivity contribution in [1.29, 1.82) is 0 Å². The molecule has 0 amide bonds. The van der Waals surface area contributed by atoms with E-state index in [4.69, 9.17) is 4.74 Å². The van der Waals surface area contributed by atoms with Crippen LogP contribution in [0.4, 0.5) is 0 Å². The topological polar surface area (TPSA) is 49.2 Å². The number of nitrogens with one attached hydrogen (secondary N) is 1. The third-order valence-electron chi connectivity index (χ3n) is 4.08. The van der Waals surface area contributed by atoms with Crippen LogP contribution in [0.15, 0.2) is 33.7 Å². The van der Waals surface area contributed by atoms with E-state index in [1.54, 1.807) is 0 Å². The number of allylic oxidation sites excluding steroid dienone is 2. The van der Waals surface area contributed by atoms with Gasteiger partial charge in [-0.1, -0.05) is 23.7 Å². The van der Waals surface area contributed by atoms with Gasteiger partial charge in [-0.15, -0.1) is 0 Å². The summed E-state index contributed by atoms with van der Waals surface area (Å²) in [6, 6.07) is 0.216. The summed E-state index contributed by atoms with van der Waals surface area (Å²) < 4.78 is 5.35. The third kappa shape index (κ3) is 4.05. The van der Waals surface area contributed by atoms with Crippen molar-refractivity contribution in [2.75, 3.05) is 39.4 Å². The largest absolute Gasteiger partial charge is 0.379 e. The maximum atomic E-state index is 5.35. The molecule has 1 fully saturated rings. The Morgan fingerprint density at radius 1 is 1.38 bits per heavy atom. The van der Waals surface area contributed by atoms with Gasteiger partial charge >= 0.3 is 0 Å². The lowest BCUT2D eigenvalue weighted by Crippen LogP contribution is -2.38. The Balaban J connectivity index is 1.40.